The minimum atomic E-state index is -0.0896. The van der Waals surface area contributed by atoms with Gasteiger partial charge in [-0.05, 0) is 43.2 Å². The van der Waals surface area contributed by atoms with Crippen LogP contribution in [0.3, 0.4) is 0 Å². The Bertz CT molecular complexity index is 927. The fraction of sp³-hybridized carbons (Fsp3) is 0.150. The van der Waals surface area contributed by atoms with Gasteiger partial charge in [-0.15, -0.1) is 0 Å². The summed E-state index contributed by atoms with van der Waals surface area (Å²) in [7, 11) is 3.98. The average Bonchev–Trinajstić information content (AvgIpc) is 2.55. The Labute approximate surface area is 141 Å². The van der Waals surface area contributed by atoms with Crippen molar-refractivity contribution < 1.29 is 0 Å². The molecule has 0 spiro atoms. The fourth-order valence-corrected chi connectivity index (χ4v) is 2.74. The molecule has 4 nitrogen and oxygen atoms in total. The third kappa shape index (κ3) is 3.55. The molecule has 0 radical (unpaired) electrons. The molecule has 0 aliphatic carbocycles. The zero-order valence-corrected chi connectivity index (χ0v) is 14.0. The van der Waals surface area contributed by atoms with E-state index in [1.165, 1.54) is 0 Å². The number of aromatic amines is 1. The van der Waals surface area contributed by atoms with Crippen LogP contribution in [0, 0.1) is 0 Å². The van der Waals surface area contributed by atoms with Crippen molar-refractivity contribution in [3.63, 3.8) is 0 Å². The van der Waals surface area contributed by atoms with Gasteiger partial charge in [0.05, 0.1) is 0 Å². The maximum Gasteiger partial charge on any atom is 0.256 e. The number of hydrogen-bond donors (Lipinski definition) is 2. The van der Waals surface area contributed by atoms with Crippen molar-refractivity contribution in [2.75, 3.05) is 26.0 Å². The predicted octanol–water partition coefficient (Wildman–Crippen LogP) is 3.68. The summed E-state index contributed by atoms with van der Waals surface area (Å²) in [6.07, 6.45) is 0. The van der Waals surface area contributed by atoms with Crippen LogP contribution in [0.5, 0.6) is 0 Å². The van der Waals surface area contributed by atoms with Gasteiger partial charge in [0.15, 0.2) is 0 Å². The Kier molecular flexibility index (Phi) is 4.49. The van der Waals surface area contributed by atoms with Crippen LogP contribution in [0.1, 0.15) is 0 Å². The molecule has 2 N–H and O–H groups in total. The molecule has 1 aromatic heterocycles. The van der Waals surface area contributed by atoms with Gasteiger partial charge in [0.1, 0.15) is 0 Å². The smallest absolute Gasteiger partial charge is 0.256 e. The minimum absolute atomic E-state index is 0.0896. The fourth-order valence-electron chi connectivity index (χ4n) is 2.74. The van der Waals surface area contributed by atoms with Gasteiger partial charge in [0.25, 0.3) is 5.56 Å². The summed E-state index contributed by atoms with van der Waals surface area (Å²) < 4.78 is 0. The molecule has 0 saturated heterocycles. The van der Waals surface area contributed by atoms with Gasteiger partial charge in [0.2, 0.25) is 0 Å². The van der Waals surface area contributed by atoms with Crippen LogP contribution in [0.4, 0.5) is 5.69 Å². The maximum absolute atomic E-state index is 12.5. The molecule has 3 rings (SSSR count). The van der Waals surface area contributed by atoms with Crippen LogP contribution < -0.4 is 10.9 Å². The molecule has 4 heteroatoms. The molecule has 122 valence electrons. The van der Waals surface area contributed by atoms with E-state index >= 15 is 0 Å². The number of rotatable bonds is 5. The third-order valence-corrected chi connectivity index (χ3v) is 3.76. The third-order valence-electron chi connectivity index (χ3n) is 3.76. The van der Waals surface area contributed by atoms with E-state index in [-0.39, 0.29) is 5.56 Å². The van der Waals surface area contributed by atoms with Crippen LogP contribution in [0.15, 0.2) is 71.7 Å². The standard InChI is InChI=1S/C20H21N3O/c1-14(13-23(2)3)21-17-10-9-16-11-19(15-7-5-4-6-8-15)22-20(24)18(16)12-17/h4-12,21H,1,13H2,2-3H3,(H,22,24). The molecule has 0 aliphatic heterocycles. The number of aromatic nitrogens is 1. The van der Waals surface area contributed by atoms with Crippen molar-refractivity contribution >= 4 is 16.5 Å². The van der Waals surface area contributed by atoms with Gasteiger partial charge in [0, 0.05) is 29.0 Å². The zero-order chi connectivity index (χ0) is 17.1. The van der Waals surface area contributed by atoms with Gasteiger partial charge in [-0.25, -0.2) is 0 Å². The van der Waals surface area contributed by atoms with E-state index in [1.807, 2.05) is 73.6 Å². The first-order valence-corrected chi connectivity index (χ1v) is 7.85. The van der Waals surface area contributed by atoms with Crippen LogP contribution in [0.25, 0.3) is 22.0 Å². The molecule has 0 saturated carbocycles. The molecular weight excluding hydrogens is 298 g/mol. The van der Waals surface area contributed by atoms with E-state index < -0.39 is 0 Å². The molecule has 0 fully saturated rings. The Hall–Kier alpha value is -2.85. The van der Waals surface area contributed by atoms with Crippen molar-refractivity contribution in [3.05, 3.63) is 77.2 Å². The lowest BCUT2D eigenvalue weighted by molar-refractivity contribution is 0.447. The van der Waals surface area contributed by atoms with Crippen LogP contribution >= 0.6 is 0 Å². The number of pyridine rings is 1. The maximum atomic E-state index is 12.5. The molecule has 2 aromatic carbocycles. The monoisotopic (exact) mass is 319 g/mol. The van der Waals surface area contributed by atoms with Crippen molar-refractivity contribution in [1.82, 2.24) is 9.88 Å². The van der Waals surface area contributed by atoms with Gasteiger partial charge < -0.3 is 15.2 Å². The highest BCUT2D eigenvalue weighted by atomic mass is 16.1. The SMILES string of the molecule is C=C(CN(C)C)Nc1ccc2cc(-c3ccccc3)[nH]c(=O)c2c1. The lowest BCUT2D eigenvalue weighted by Crippen LogP contribution is -2.18. The Morgan fingerprint density at radius 2 is 1.88 bits per heavy atom. The summed E-state index contributed by atoms with van der Waals surface area (Å²) in [6, 6.07) is 17.6. The van der Waals surface area contributed by atoms with E-state index in [0.717, 1.165) is 34.6 Å². The van der Waals surface area contributed by atoms with Gasteiger partial charge in [-0.1, -0.05) is 43.0 Å². The molecule has 24 heavy (non-hydrogen) atoms. The molecule has 3 aromatic rings. The van der Waals surface area contributed by atoms with Crippen molar-refractivity contribution in [1.29, 1.82) is 0 Å². The van der Waals surface area contributed by atoms with E-state index in [4.69, 9.17) is 0 Å². The summed E-state index contributed by atoms with van der Waals surface area (Å²) in [6.45, 7) is 4.75. The highest BCUT2D eigenvalue weighted by Crippen LogP contribution is 2.22. The second-order valence-corrected chi connectivity index (χ2v) is 6.15. The van der Waals surface area contributed by atoms with Crippen molar-refractivity contribution in [2.24, 2.45) is 0 Å². The van der Waals surface area contributed by atoms with Gasteiger partial charge in [-0.3, -0.25) is 4.79 Å². The molecule has 0 amide bonds. The number of anilines is 1. The van der Waals surface area contributed by atoms with E-state index in [2.05, 4.69) is 16.9 Å². The number of H-pyrrole nitrogens is 1. The van der Waals surface area contributed by atoms with E-state index in [0.29, 0.717) is 5.39 Å². The van der Waals surface area contributed by atoms with Gasteiger partial charge >= 0.3 is 0 Å². The molecule has 0 atom stereocenters. The number of hydrogen-bond acceptors (Lipinski definition) is 3. The average molecular weight is 319 g/mol. The molecule has 1 heterocycles. The molecule has 0 aliphatic rings. The van der Waals surface area contributed by atoms with Crippen molar-refractivity contribution in [2.45, 2.75) is 0 Å². The highest BCUT2D eigenvalue weighted by Gasteiger charge is 2.06. The van der Waals surface area contributed by atoms with E-state index in [9.17, 15) is 4.79 Å². The van der Waals surface area contributed by atoms with Crippen LogP contribution in [-0.4, -0.2) is 30.5 Å². The summed E-state index contributed by atoms with van der Waals surface area (Å²) >= 11 is 0. The largest absolute Gasteiger partial charge is 0.358 e. The normalized spacial score (nSPS) is 11.0. The second kappa shape index (κ2) is 6.72. The van der Waals surface area contributed by atoms with E-state index in [1.54, 1.807) is 0 Å². The highest BCUT2D eigenvalue weighted by molar-refractivity contribution is 5.88. The molecule has 0 unspecified atom stereocenters. The first kappa shape index (κ1) is 16.0. The molecule has 0 bridgehead atoms. The van der Waals surface area contributed by atoms with Crippen LogP contribution in [-0.2, 0) is 0 Å². The topological polar surface area (TPSA) is 48.1 Å². The van der Waals surface area contributed by atoms with Crippen molar-refractivity contribution in [3.8, 4) is 11.3 Å². The molecular formula is C20H21N3O. The number of benzene rings is 2. The second-order valence-electron chi connectivity index (χ2n) is 6.15. The summed E-state index contributed by atoms with van der Waals surface area (Å²) in [4.78, 5) is 17.5. The number of likely N-dealkylation sites (N-methyl/N-ethyl adjacent to an activating group) is 1. The summed E-state index contributed by atoms with van der Waals surface area (Å²) in [5.74, 6) is 0. The lowest BCUT2D eigenvalue weighted by atomic mass is 10.1. The first-order chi connectivity index (χ1) is 11.5. The Morgan fingerprint density at radius 1 is 1.12 bits per heavy atom. The van der Waals surface area contributed by atoms with Gasteiger partial charge in [-0.2, -0.15) is 0 Å². The Morgan fingerprint density at radius 3 is 2.58 bits per heavy atom. The zero-order valence-electron chi connectivity index (χ0n) is 14.0. The van der Waals surface area contributed by atoms with Crippen LogP contribution in [0.2, 0.25) is 0 Å². The Balaban J connectivity index is 1.95. The number of fused-ring (bicyclic) bond motifs is 1. The quantitative estimate of drug-likeness (QED) is 0.754. The minimum Gasteiger partial charge on any atom is -0.358 e. The summed E-state index contributed by atoms with van der Waals surface area (Å²) in [5.41, 5.74) is 3.49. The number of nitrogens with zero attached hydrogens (tertiary/aromatic N) is 1. The first-order valence-electron chi connectivity index (χ1n) is 7.85. The lowest BCUT2D eigenvalue weighted by Gasteiger charge is -2.14. The summed E-state index contributed by atoms with van der Waals surface area (Å²) in [5, 5.41) is 4.83. The predicted molar refractivity (Wildman–Crippen MR) is 101 cm³/mol. The number of nitrogens with one attached hydrogen (secondary N) is 2.